The number of hydrogen-bond donors (Lipinski definition) is 1. The van der Waals surface area contributed by atoms with Gasteiger partial charge in [-0.2, -0.15) is 0 Å². The number of carbonyl (C=O) groups is 1. The van der Waals surface area contributed by atoms with Crippen molar-refractivity contribution in [3.63, 3.8) is 0 Å². The van der Waals surface area contributed by atoms with Crippen molar-refractivity contribution in [2.24, 2.45) is 5.92 Å². The number of benzene rings is 1. The number of thiophene rings is 1. The largest absolute Gasteiger partial charge is 0.454 e. The molecule has 1 aliphatic rings. The smallest absolute Gasteiger partial charge is 0.307 e. The molecule has 4 rings (SSSR count). The normalized spacial score (nSPS) is 18.2. The van der Waals surface area contributed by atoms with Crippen LogP contribution in [0.5, 0.6) is 0 Å². The number of esters is 1. The number of aromatic amines is 1. The SMILES string of the molecule is C[C@@H]1CCc2c(sc3nc([C@H](C)OC(=O)C[C@@H](C)c4ccccc4)[nH]c(=O)c23)C1. The first kappa shape index (κ1) is 19.8. The van der Waals surface area contributed by atoms with Crippen LogP contribution in [0.2, 0.25) is 0 Å². The zero-order valence-electron chi connectivity index (χ0n) is 17.0. The van der Waals surface area contributed by atoms with Gasteiger partial charge in [-0.15, -0.1) is 11.3 Å². The molecule has 1 N–H and O–H groups in total. The predicted molar refractivity (Wildman–Crippen MR) is 115 cm³/mol. The Morgan fingerprint density at radius 1 is 1.31 bits per heavy atom. The van der Waals surface area contributed by atoms with Crippen LogP contribution in [0, 0.1) is 5.92 Å². The zero-order chi connectivity index (χ0) is 20.5. The molecule has 0 radical (unpaired) electrons. The van der Waals surface area contributed by atoms with Crippen molar-refractivity contribution >= 4 is 27.5 Å². The Morgan fingerprint density at radius 3 is 2.83 bits per heavy atom. The van der Waals surface area contributed by atoms with Crippen LogP contribution >= 0.6 is 11.3 Å². The highest BCUT2D eigenvalue weighted by molar-refractivity contribution is 7.18. The summed E-state index contributed by atoms with van der Waals surface area (Å²) in [5.41, 5.74) is 2.13. The number of rotatable bonds is 5. The number of ether oxygens (including phenoxy) is 1. The Balaban J connectivity index is 1.50. The Labute approximate surface area is 174 Å². The summed E-state index contributed by atoms with van der Waals surface area (Å²) in [7, 11) is 0. The molecule has 0 amide bonds. The maximum atomic E-state index is 12.7. The zero-order valence-corrected chi connectivity index (χ0v) is 17.8. The van der Waals surface area contributed by atoms with Crippen molar-refractivity contribution in [1.29, 1.82) is 0 Å². The Bertz CT molecular complexity index is 1090. The highest BCUT2D eigenvalue weighted by Crippen LogP contribution is 2.36. The number of carbonyl (C=O) groups excluding carboxylic acids is 1. The van der Waals surface area contributed by atoms with Crippen LogP contribution in [0.3, 0.4) is 0 Å². The van der Waals surface area contributed by atoms with Crippen LogP contribution < -0.4 is 5.56 Å². The average molecular weight is 411 g/mol. The van der Waals surface area contributed by atoms with Crippen molar-refractivity contribution in [2.45, 2.75) is 58.5 Å². The number of aryl methyl sites for hydroxylation is 1. The van der Waals surface area contributed by atoms with Gasteiger partial charge >= 0.3 is 5.97 Å². The molecule has 0 bridgehead atoms. The number of H-pyrrole nitrogens is 1. The second-order valence-electron chi connectivity index (χ2n) is 8.13. The number of hydrogen-bond acceptors (Lipinski definition) is 5. The minimum Gasteiger partial charge on any atom is -0.454 e. The van der Waals surface area contributed by atoms with E-state index in [9.17, 15) is 9.59 Å². The van der Waals surface area contributed by atoms with Crippen molar-refractivity contribution in [2.75, 3.05) is 0 Å². The van der Waals surface area contributed by atoms with Gasteiger partial charge < -0.3 is 9.72 Å². The minimum absolute atomic E-state index is 0.0661. The van der Waals surface area contributed by atoms with Crippen LogP contribution in [-0.4, -0.2) is 15.9 Å². The molecule has 0 aliphatic heterocycles. The molecule has 0 saturated carbocycles. The molecule has 29 heavy (non-hydrogen) atoms. The van der Waals surface area contributed by atoms with Gasteiger partial charge in [-0.05, 0) is 49.1 Å². The monoisotopic (exact) mass is 410 g/mol. The van der Waals surface area contributed by atoms with Gasteiger partial charge in [0.15, 0.2) is 11.9 Å². The van der Waals surface area contributed by atoms with Crippen molar-refractivity contribution < 1.29 is 9.53 Å². The van der Waals surface area contributed by atoms with E-state index in [1.54, 1.807) is 18.3 Å². The highest BCUT2D eigenvalue weighted by atomic mass is 32.1. The molecule has 0 saturated heterocycles. The average Bonchev–Trinajstić information content (AvgIpc) is 3.06. The molecule has 5 nitrogen and oxygen atoms in total. The molecule has 0 unspecified atom stereocenters. The third-order valence-electron chi connectivity index (χ3n) is 5.72. The van der Waals surface area contributed by atoms with E-state index >= 15 is 0 Å². The van der Waals surface area contributed by atoms with Crippen LogP contribution in [-0.2, 0) is 22.4 Å². The quantitative estimate of drug-likeness (QED) is 0.607. The molecule has 152 valence electrons. The molecule has 0 spiro atoms. The van der Waals surface area contributed by atoms with Crippen LogP contribution in [0.1, 0.15) is 67.5 Å². The third-order valence-corrected chi connectivity index (χ3v) is 6.87. The number of nitrogens with one attached hydrogen (secondary N) is 1. The summed E-state index contributed by atoms with van der Waals surface area (Å²) in [4.78, 5) is 34.7. The van der Waals surface area contributed by atoms with E-state index in [1.165, 1.54) is 4.88 Å². The fourth-order valence-corrected chi connectivity index (χ4v) is 5.40. The fraction of sp³-hybridized carbons (Fsp3) is 0.435. The number of aromatic nitrogens is 2. The van der Waals surface area contributed by atoms with Gasteiger partial charge in [-0.1, -0.05) is 44.2 Å². The molecule has 3 atom stereocenters. The Kier molecular flexibility index (Phi) is 5.54. The van der Waals surface area contributed by atoms with Gasteiger partial charge in [0.05, 0.1) is 11.8 Å². The summed E-state index contributed by atoms with van der Waals surface area (Å²) in [5, 5.41) is 0.719. The van der Waals surface area contributed by atoms with Gasteiger partial charge in [0.1, 0.15) is 4.83 Å². The van der Waals surface area contributed by atoms with Gasteiger partial charge in [0.2, 0.25) is 0 Å². The maximum Gasteiger partial charge on any atom is 0.307 e. The Hall–Kier alpha value is -2.47. The Morgan fingerprint density at radius 2 is 2.07 bits per heavy atom. The van der Waals surface area contributed by atoms with E-state index < -0.39 is 6.10 Å². The van der Waals surface area contributed by atoms with Crippen LogP contribution in [0.4, 0.5) is 0 Å². The third kappa shape index (κ3) is 4.13. The van der Waals surface area contributed by atoms with E-state index in [0.717, 1.165) is 40.6 Å². The first-order chi connectivity index (χ1) is 13.9. The number of nitrogens with zero attached hydrogens (tertiary/aromatic N) is 1. The van der Waals surface area contributed by atoms with Gasteiger partial charge in [0, 0.05) is 4.88 Å². The van der Waals surface area contributed by atoms with Crippen molar-refractivity contribution in [1.82, 2.24) is 9.97 Å². The van der Waals surface area contributed by atoms with Crippen molar-refractivity contribution in [3.8, 4) is 0 Å². The molecule has 2 heterocycles. The summed E-state index contributed by atoms with van der Waals surface area (Å²) >= 11 is 1.60. The lowest BCUT2D eigenvalue weighted by Crippen LogP contribution is -2.18. The molecule has 0 fully saturated rings. The molecular formula is C23H26N2O3S. The van der Waals surface area contributed by atoms with E-state index in [4.69, 9.17) is 4.74 Å². The summed E-state index contributed by atoms with van der Waals surface area (Å²) < 4.78 is 5.58. The van der Waals surface area contributed by atoms with E-state index in [0.29, 0.717) is 11.7 Å². The maximum absolute atomic E-state index is 12.7. The second-order valence-corrected chi connectivity index (χ2v) is 9.21. The fourth-order valence-electron chi connectivity index (χ4n) is 4.01. The van der Waals surface area contributed by atoms with Crippen molar-refractivity contribution in [3.05, 3.63) is 62.5 Å². The van der Waals surface area contributed by atoms with Crippen LogP contribution in [0.25, 0.3) is 10.2 Å². The molecule has 3 aromatic rings. The number of fused-ring (bicyclic) bond motifs is 3. The predicted octanol–water partition coefficient (Wildman–Crippen LogP) is 4.91. The van der Waals surface area contributed by atoms with Gasteiger partial charge in [-0.3, -0.25) is 9.59 Å². The summed E-state index contributed by atoms with van der Waals surface area (Å²) in [5.74, 6) is 0.822. The van der Waals surface area contributed by atoms with Gasteiger partial charge in [0.25, 0.3) is 5.56 Å². The van der Waals surface area contributed by atoms with Crippen LogP contribution in [0.15, 0.2) is 35.1 Å². The van der Waals surface area contributed by atoms with E-state index in [-0.39, 0.29) is 23.9 Å². The molecule has 1 aromatic carbocycles. The highest BCUT2D eigenvalue weighted by Gasteiger charge is 2.24. The van der Waals surface area contributed by atoms with E-state index in [2.05, 4.69) is 16.9 Å². The lowest BCUT2D eigenvalue weighted by molar-refractivity contribution is -0.149. The summed E-state index contributed by atoms with van der Waals surface area (Å²) in [6.45, 7) is 6.00. The first-order valence-corrected chi connectivity index (χ1v) is 11.0. The lowest BCUT2D eigenvalue weighted by atomic mass is 9.89. The van der Waals surface area contributed by atoms with Gasteiger partial charge in [-0.25, -0.2) is 4.98 Å². The topological polar surface area (TPSA) is 72.0 Å². The molecule has 1 aliphatic carbocycles. The lowest BCUT2D eigenvalue weighted by Gasteiger charge is -2.17. The standard InChI is InChI=1S/C23H26N2O3S/c1-13-9-10-17-18(11-13)29-23-20(17)22(27)24-21(25-23)15(3)28-19(26)12-14(2)16-7-5-4-6-8-16/h4-8,13-15H,9-12H2,1-3H3,(H,24,25,27)/t13-,14-,15+/m1/s1. The molecule has 6 heteroatoms. The summed E-state index contributed by atoms with van der Waals surface area (Å²) in [6, 6.07) is 9.90. The van der Waals surface area contributed by atoms with E-state index in [1.807, 2.05) is 37.3 Å². The first-order valence-electron chi connectivity index (χ1n) is 10.2. The minimum atomic E-state index is -0.597. The molecular weight excluding hydrogens is 384 g/mol. The second kappa shape index (κ2) is 8.11. The summed E-state index contributed by atoms with van der Waals surface area (Å²) in [6.07, 6.45) is 2.73. The molecule has 2 aromatic heterocycles.